The van der Waals surface area contributed by atoms with Crippen molar-refractivity contribution in [3.8, 4) is 0 Å². The Morgan fingerprint density at radius 1 is 1.50 bits per heavy atom. The molecule has 0 aliphatic rings. The normalized spacial score (nSPS) is 12.5. The van der Waals surface area contributed by atoms with Gasteiger partial charge in [-0.3, -0.25) is 4.79 Å². The molecule has 0 saturated carbocycles. The third kappa shape index (κ3) is 6.86. The smallest absolute Gasteiger partial charge is 0.220 e. The summed E-state index contributed by atoms with van der Waals surface area (Å²) in [4.78, 5) is 11.2. The maximum Gasteiger partial charge on any atom is 0.220 e. The van der Waals surface area contributed by atoms with Crippen LogP contribution in [0.4, 0.5) is 0 Å². The molecule has 0 bridgehead atoms. The number of rotatable bonds is 8. The van der Waals surface area contributed by atoms with E-state index in [1.54, 1.807) is 0 Å². The van der Waals surface area contributed by atoms with Crippen LogP contribution in [0, 0.1) is 5.92 Å². The number of hydrogen-bond acceptors (Lipinski definition) is 3. The number of hydrogen-bond donors (Lipinski definition) is 3. The Balaban J connectivity index is 3.52. The van der Waals surface area contributed by atoms with E-state index in [0.29, 0.717) is 25.4 Å². The summed E-state index contributed by atoms with van der Waals surface area (Å²) in [5, 5.41) is 11.1. The maximum absolute atomic E-state index is 11.2. The Hall–Kier alpha value is -0.610. The minimum Gasteiger partial charge on any atom is -0.395 e. The zero-order chi connectivity index (χ0) is 10.8. The average Bonchev–Trinajstić information content (AvgIpc) is 2.21. The zero-order valence-electron chi connectivity index (χ0n) is 8.96. The van der Waals surface area contributed by atoms with Crippen LogP contribution >= 0.6 is 0 Å². The summed E-state index contributed by atoms with van der Waals surface area (Å²) < 4.78 is 0. The highest BCUT2D eigenvalue weighted by atomic mass is 16.3. The van der Waals surface area contributed by atoms with Gasteiger partial charge in [0.2, 0.25) is 5.91 Å². The number of aliphatic hydroxyl groups is 1. The van der Waals surface area contributed by atoms with Gasteiger partial charge in [-0.25, -0.2) is 0 Å². The molecule has 0 aromatic heterocycles. The van der Waals surface area contributed by atoms with E-state index in [0.717, 1.165) is 19.3 Å². The Kier molecular flexibility index (Phi) is 8.57. The monoisotopic (exact) mass is 202 g/mol. The third-order valence-corrected chi connectivity index (χ3v) is 2.37. The van der Waals surface area contributed by atoms with Crippen LogP contribution in [0.15, 0.2) is 0 Å². The zero-order valence-corrected chi connectivity index (χ0v) is 8.96. The SMILES string of the molecule is CCC(CCN)CCC(=O)NCCO. The number of amides is 1. The molecule has 0 spiro atoms. The first-order chi connectivity index (χ1) is 6.74. The van der Waals surface area contributed by atoms with E-state index in [-0.39, 0.29) is 12.5 Å². The molecule has 0 aliphatic carbocycles. The van der Waals surface area contributed by atoms with Crippen molar-refractivity contribution in [1.29, 1.82) is 0 Å². The van der Waals surface area contributed by atoms with Gasteiger partial charge in [-0.05, 0) is 25.3 Å². The fourth-order valence-corrected chi connectivity index (χ4v) is 1.41. The molecule has 0 rings (SSSR count). The van der Waals surface area contributed by atoms with Crippen LogP contribution in [0.1, 0.15) is 32.6 Å². The van der Waals surface area contributed by atoms with Gasteiger partial charge < -0.3 is 16.2 Å². The third-order valence-electron chi connectivity index (χ3n) is 2.37. The Morgan fingerprint density at radius 2 is 2.21 bits per heavy atom. The molecule has 84 valence electrons. The molecule has 0 aromatic rings. The van der Waals surface area contributed by atoms with Crippen molar-refractivity contribution in [3.05, 3.63) is 0 Å². The van der Waals surface area contributed by atoms with E-state index < -0.39 is 0 Å². The van der Waals surface area contributed by atoms with E-state index in [4.69, 9.17) is 10.8 Å². The maximum atomic E-state index is 11.2. The minimum absolute atomic E-state index is 0.00570. The van der Waals surface area contributed by atoms with Crippen molar-refractivity contribution in [2.24, 2.45) is 11.7 Å². The molecule has 0 heterocycles. The molecule has 1 atom stereocenters. The van der Waals surface area contributed by atoms with Crippen molar-refractivity contribution in [1.82, 2.24) is 5.32 Å². The van der Waals surface area contributed by atoms with Crippen molar-refractivity contribution >= 4 is 5.91 Å². The van der Waals surface area contributed by atoms with E-state index in [1.807, 2.05) is 0 Å². The molecule has 0 saturated heterocycles. The predicted octanol–water partition coefficient (Wildman–Crippen LogP) is 0.250. The second kappa shape index (κ2) is 8.97. The highest BCUT2D eigenvalue weighted by Gasteiger charge is 2.08. The summed E-state index contributed by atoms with van der Waals surface area (Å²) in [7, 11) is 0. The Labute approximate surface area is 85.9 Å². The molecule has 0 aromatic carbocycles. The van der Waals surface area contributed by atoms with Crippen LogP contribution in [0.3, 0.4) is 0 Å². The lowest BCUT2D eigenvalue weighted by molar-refractivity contribution is -0.121. The largest absolute Gasteiger partial charge is 0.395 e. The van der Waals surface area contributed by atoms with Gasteiger partial charge in [0.05, 0.1) is 6.61 Å². The molecule has 14 heavy (non-hydrogen) atoms. The summed E-state index contributed by atoms with van der Waals surface area (Å²) in [6, 6.07) is 0. The van der Waals surface area contributed by atoms with Crippen LogP contribution in [0.5, 0.6) is 0 Å². The molecule has 0 radical (unpaired) electrons. The number of carbonyl (C=O) groups is 1. The first-order valence-corrected chi connectivity index (χ1v) is 5.32. The topological polar surface area (TPSA) is 75.4 Å². The van der Waals surface area contributed by atoms with Gasteiger partial charge in [0.1, 0.15) is 0 Å². The highest BCUT2D eigenvalue weighted by molar-refractivity contribution is 5.75. The molecule has 0 fully saturated rings. The van der Waals surface area contributed by atoms with Crippen molar-refractivity contribution in [2.75, 3.05) is 19.7 Å². The summed E-state index contributed by atoms with van der Waals surface area (Å²) in [5.41, 5.74) is 5.46. The number of aliphatic hydroxyl groups excluding tert-OH is 1. The fourth-order valence-electron chi connectivity index (χ4n) is 1.41. The molecular formula is C10H22N2O2. The molecule has 1 amide bonds. The van der Waals surface area contributed by atoms with Gasteiger partial charge in [-0.2, -0.15) is 0 Å². The highest BCUT2D eigenvalue weighted by Crippen LogP contribution is 2.13. The van der Waals surface area contributed by atoms with E-state index in [9.17, 15) is 4.79 Å². The Morgan fingerprint density at radius 3 is 2.71 bits per heavy atom. The number of nitrogens with two attached hydrogens (primary N) is 1. The van der Waals surface area contributed by atoms with Crippen LogP contribution in [-0.4, -0.2) is 30.7 Å². The summed E-state index contributed by atoms with van der Waals surface area (Å²) in [6.45, 7) is 3.17. The van der Waals surface area contributed by atoms with E-state index in [1.165, 1.54) is 0 Å². The van der Waals surface area contributed by atoms with Gasteiger partial charge in [0.15, 0.2) is 0 Å². The van der Waals surface area contributed by atoms with Crippen molar-refractivity contribution in [2.45, 2.75) is 32.6 Å². The first-order valence-electron chi connectivity index (χ1n) is 5.32. The van der Waals surface area contributed by atoms with Crippen LogP contribution in [-0.2, 0) is 4.79 Å². The average molecular weight is 202 g/mol. The van der Waals surface area contributed by atoms with Gasteiger partial charge in [-0.15, -0.1) is 0 Å². The van der Waals surface area contributed by atoms with Crippen LogP contribution in [0.2, 0.25) is 0 Å². The first kappa shape index (κ1) is 13.4. The van der Waals surface area contributed by atoms with Gasteiger partial charge in [-0.1, -0.05) is 13.3 Å². The van der Waals surface area contributed by atoms with E-state index in [2.05, 4.69) is 12.2 Å². The number of nitrogens with one attached hydrogen (secondary N) is 1. The number of carbonyl (C=O) groups excluding carboxylic acids is 1. The Bertz CT molecular complexity index is 151. The molecular weight excluding hydrogens is 180 g/mol. The molecule has 4 N–H and O–H groups in total. The fraction of sp³-hybridized carbons (Fsp3) is 0.900. The van der Waals surface area contributed by atoms with Gasteiger partial charge >= 0.3 is 0 Å². The van der Waals surface area contributed by atoms with Gasteiger partial charge in [0.25, 0.3) is 0 Å². The lowest BCUT2D eigenvalue weighted by Gasteiger charge is -2.12. The van der Waals surface area contributed by atoms with Crippen molar-refractivity contribution < 1.29 is 9.90 Å². The summed E-state index contributed by atoms with van der Waals surface area (Å²) in [5.74, 6) is 0.578. The lowest BCUT2D eigenvalue weighted by atomic mass is 9.96. The van der Waals surface area contributed by atoms with Crippen LogP contribution < -0.4 is 11.1 Å². The van der Waals surface area contributed by atoms with Gasteiger partial charge in [0, 0.05) is 13.0 Å². The van der Waals surface area contributed by atoms with Crippen LogP contribution in [0.25, 0.3) is 0 Å². The standard InChI is InChI=1S/C10H22N2O2/c1-2-9(5-6-11)3-4-10(14)12-7-8-13/h9,13H,2-8,11H2,1H3,(H,12,14). The minimum atomic E-state index is 0.00570. The molecule has 1 unspecified atom stereocenters. The molecule has 0 aliphatic heterocycles. The molecule has 4 heteroatoms. The summed E-state index contributed by atoms with van der Waals surface area (Å²) in [6.07, 6.45) is 3.50. The lowest BCUT2D eigenvalue weighted by Crippen LogP contribution is -2.26. The van der Waals surface area contributed by atoms with Crippen molar-refractivity contribution in [3.63, 3.8) is 0 Å². The summed E-state index contributed by atoms with van der Waals surface area (Å²) >= 11 is 0. The predicted molar refractivity (Wildman–Crippen MR) is 56.8 cm³/mol. The molecule has 4 nitrogen and oxygen atoms in total. The second-order valence-electron chi connectivity index (χ2n) is 3.46. The second-order valence-corrected chi connectivity index (χ2v) is 3.46. The quantitative estimate of drug-likeness (QED) is 0.528. The van der Waals surface area contributed by atoms with E-state index >= 15 is 0 Å².